The van der Waals surface area contributed by atoms with Crippen LogP contribution in [0.4, 0.5) is 5.00 Å². The minimum atomic E-state index is -0.453. The summed E-state index contributed by atoms with van der Waals surface area (Å²) < 4.78 is 0. The molecule has 0 spiro atoms. The highest BCUT2D eigenvalue weighted by atomic mass is 32.1. The van der Waals surface area contributed by atoms with Crippen LogP contribution in [0.2, 0.25) is 0 Å². The molecule has 0 aromatic carbocycles. The highest BCUT2D eigenvalue weighted by molar-refractivity contribution is 7.16. The molecule has 114 valence electrons. The van der Waals surface area contributed by atoms with Crippen molar-refractivity contribution >= 4 is 28.7 Å². The van der Waals surface area contributed by atoms with Gasteiger partial charge in [-0.05, 0) is 32.0 Å². The Kier molecular flexibility index (Phi) is 3.97. The van der Waals surface area contributed by atoms with Gasteiger partial charge in [-0.1, -0.05) is 0 Å². The molecule has 2 aliphatic rings. The van der Waals surface area contributed by atoms with Crippen LogP contribution in [-0.4, -0.2) is 54.8 Å². The number of hydrogen-bond acceptors (Lipinski definition) is 5. The van der Waals surface area contributed by atoms with Crippen molar-refractivity contribution < 1.29 is 9.59 Å². The number of likely N-dealkylation sites (N-methyl/N-ethyl adjacent to an activating group) is 1. The van der Waals surface area contributed by atoms with E-state index in [1.165, 1.54) is 17.8 Å². The first-order chi connectivity index (χ1) is 10.1. The summed E-state index contributed by atoms with van der Waals surface area (Å²) in [6.07, 6.45) is 2.62. The van der Waals surface area contributed by atoms with Crippen molar-refractivity contribution in [2.75, 3.05) is 32.0 Å². The van der Waals surface area contributed by atoms with Gasteiger partial charge in [0, 0.05) is 30.6 Å². The molecule has 1 unspecified atom stereocenters. The van der Waals surface area contributed by atoms with Crippen LogP contribution < -0.4 is 11.1 Å². The van der Waals surface area contributed by atoms with E-state index in [4.69, 9.17) is 5.73 Å². The van der Waals surface area contributed by atoms with Crippen molar-refractivity contribution in [1.82, 2.24) is 9.80 Å². The Balaban J connectivity index is 1.84. The minimum absolute atomic E-state index is 0.453. The molecule has 3 N–H and O–H groups in total. The average Bonchev–Trinajstić information content (AvgIpc) is 3.01. The number of rotatable bonds is 4. The summed E-state index contributed by atoms with van der Waals surface area (Å²) in [4.78, 5) is 28.4. The Bertz CT molecular complexity index is 572. The van der Waals surface area contributed by atoms with E-state index in [0.29, 0.717) is 23.0 Å². The Morgan fingerprint density at radius 1 is 1.48 bits per heavy atom. The van der Waals surface area contributed by atoms with Gasteiger partial charge < -0.3 is 16.0 Å². The Morgan fingerprint density at radius 2 is 2.29 bits per heavy atom. The largest absolute Gasteiger partial charge is 0.365 e. The maximum atomic E-state index is 11.7. The molecule has 1 aromatic heterocycles. The van der Waals surface area contributed by atoms with Crippen molar-refractivity contribution in [3.8, 4) is 0 Å². The van der Waals surface area contributed by atoms with Crippen LogP contribution in [0.15, 0.2) is 0 Å². The SMILES string of the molecule is CN1CCC(N2CCc3c(sc(NC=O)c3C(N)=O)C2)C1. The number of amides is 2. The molecule has 7 heteroatoms. The minimum Gasteiger partial charge on any atom is -0.365 e. The van der Waals surface area contributed by atoms with E-state index in [2.05, 4.69) is 22.2 Å². The van der Waals surface area contributed by atoms with Crippen LogP contribution in [0.5, 0.6) is 0 Å². The molecule has 1 atom stereocenters. The van der Waals surface area contributed by atoms with E-state index in [9.17, 15) is 9.59 Å². The van der Waals surface area contributed by atoms with Gasteiger partial charge in [-0.15, -0.1) is 11.3 Å². The molecule has 2 aliphatic heterocycles. The van der Waals surface area contributed by atoms with Crippen molar-refractivity contribution in [3.05, 3.63) is 16.0 Å². The first-order valence-electron chi connectivity index (χ1n) is 7.17. The molecule has 0 aliphatic carbocycles. The van der Waals surface area contributed by atoms with E-state index in [0.717, 1.165) is 43.0 Å². The van der Waals surface area contributed by atoms with E-state index >= 15 is 0 Å². The number of hydrogen-bond donors (Lipinski definition) is 2. The highest BCUT2D eigenvalue weighted by Crippen LogP contribution is 2.37. The smallest absolute Gasteiger partial charge is 0.251 e. The summed E-state index contributed by atoms with van der Waals surface area (Å²) in [6, 6.07) is 0.588. The van der Waals surface area contributed by atoms with Gasteiger partial charge in [0.15, 0.2) is 0 Å². The van der Waals surface area contributed by atoms with Crippen LogP contribution in [0.3, 0.4) is 0 Å². The number of carbonyl (C=O) groups is 2. The fourth-order valence-corrected chi connectivity index (χ4v) is 4.60. The topological polar surface area (TPSA) is 78.7 Å². The molecule has 0 bridgehead atoms. The Labute approximate surface area is 127 Å². The predicted molar refractivity (Wildman–Crippen MR) is 82.5 cm³/mol. The van der Waals surface area contributed by atoms with Gasteiger partial charge in [0.05, 0.1) is 5.56 Å². The third-order valence-corrected chi connectivity index (χ3v) is 5.55. The maximum absolute atomic E-state index is 11.7. The summed E-state index contributed by atoms with van der Waals surface area (Å²) in [5, 5.41) is 3.21. The lowest BCUT2D eigenvalue weighted by Crippen LogP contribution is -2.40. The fourth-order valence-electron chi connectivity index (χ4n) is 3.36. The molecule has 2 amide bonds. The normalized spacial score (nSPS) is 23.0. The number of likely N-dealkylation sites (tertiary alicyclic amines) is 1. The van der Waals surface area contributed by atoms with Gasteiger partial charge in [0.1, 0.15) is 5.00 Å². The zero-order chi connectivity index (χ0) is 15.0. The Morgan fingerprint density at radius 3 is 2.90 bits per heavy atom. The quantitative estimate of drug-likeness (QED) is 0.793. The molecule has 6 nitrogen and oxygen atoms in total. The van der Waals surface area contributed by atoms with Gasteiger partial charge in [0.25, 0.3) is 5.91 Å². The summed E-state index contributed by atoms with van der Waals surface area (Å²) in [7, 11) is 2.15. The first kappa shape index (κ1) is 14.5. The second-order valence-electron chi connectivity index (χ2n) is 5.76. The molecule has 0 radical (unpaired) electrons. The third-order valence-electron chi connectivity index (χ3n) is 4.41. The molecule has 3 rings (SSSR count). The van der Waals surface area contributed by atoms with Crippen molar-refractivity contribution in [3.63, 3.8) is 0 Å². The standard InChI is InChI=1S/C14H20N4O2S/c1-17-4-2-9(6-17)18-5-3-10-11(7-18)21-14(16-8-19)12(10)13(15)20/h8-9H,2-7H2,1H3,(H2,15,20)(H,16,19). The number of anilines is 1. The fraction of sp³-hybridized carbons (Fsp3) is 0.571. The van der Waals surface area contributed by atoms with E-state index in [1.807, 2.05) is 0 Å². The molecule has 1 saturated heterocycles. The van der Waals surface area contributed by atoms with Crippen molar-refractivity contribution in [2.45, 2.75) is 25.4 Å². The summed E-state index contributed by atoms with van der Waals surface area (Å²) >= 11 is 1.48. The monoisotopic (exact) mass is 308 g/mol. The summed E-state index contributed by atoms with van der Waals surface area (Å²) in [5.41, 5.74) is 7.01. The molecule has 0 saturated carbocycles. The van der Waals surface area contributed by atoms with Crippen LogP contribution in [-0.2, 0) is 17.8 Å². The van der Waals surface area contributed by atoms with Crippen LogP contribution in [0, 0.1) is 0 Å². The number of nitrogens with one attached hydrogen (secondary N) is 1. The average molecular weight is 308 g/mol. The van der Waals surface area contributed by atoms with Crippen LogP contribution in [0.1, 0.15) is 27.2 Å². The maximum Gasteiger partial charge on any atom is 0.251 e. The van der Waals surface area contributed by atoms with Gasteiger partial charge in [-0.3, -0.25) is 14.5 Å². The number of primary amides is 1. The first-order valence-corrected chi connectivity index (χ1v) is 7.99. The van der Waals surface area contributed by atoms with E-state index < -0.39 is 5.91 Å². The lowest BCUT2D eigenvalue weighted by Gasteiger charge is -2.32. The van der Waals surface area contributed by atoms with Gasteiger partial charge in [-0.25, -0.2) is 0 Å². The van der Waals surface area contributed by atoms with Gasteiger partial charge in [0.2, 0.25) is 6.41 Å². The second kappa shape index (κ2) is 5.75. The highest BCUT2D eigenvalue weighted by Gasteiger charge is 2.32. The summed E-state index contributed by atoms with van der Waals surface area (Å²) in [5.74, 6) is -0.453. The number of fused-ring (bicyclic) bond motifs is 1. The van der Waals surface area contributed by atoms with E-state index in [-0.39, 0.29) is 0 Å². The van der Waals surface area contributed by atoms with E-state index in [1.54, 1.807) is 0 Å². The van der Waals surface area contributed by atoms with Crippen LogP contribution in [0.25, 0.3) is 0 Å². The molecular formula is C14H20N4O2S. The zero-order valence-corrected chi connectivity index (χ0v) is 12.9. The number of nitrogens with zero attached hydrogens (tertiary/aromatic N) is 2. The second-order valence-corrected chi connectivity index (χ2v) is 6.86. The van der Waals surface area contributed by atoms with Crippen LogP contribution >= 0.6 is 11.3 Å². The third kappa shape index (κ3) is 2.68. The van der Waals surface area contributed by atoms with Crippen molar-refractivity contribution in [2.24, 2.45) is 5.73 Å². The predicted octanol–water partition coefficient (Wildman–Crippen LogP) is 0.477. The van der Waals surface area contributed by atoms with Gasteiger partial charge in [-0.2, -0.15) is 0 Å². The number of carbonyl (C=O) groups excluding carboxylic acids is 2. The Hall–Kier alpha value is -1.44. The van der Waals surface area contributed by atoms with Gasteiger partial charge >= 0.3 is 0 Å². The lowest BCUT2D eigenvalue weighted by atomic mass is 10.0. The molecule has 1 fully saturated rings. The molecular weight excluding hydrogens is 288 g/mol. The number of nitrogens with two attached hydrogens (primary N) is 1. The molecule has 1 aromatic rings. The number of thiophene rings is 1. The molecule has 3 heterocycles. The molecule has 21 heavy (non-hydrogen) atoms. The van der Waals surface area contributed by atoms with Crippen molar-refractivity contribution in [1.29, 1.82) is 0 Å². The summed E-state index contributed by atoms with van der Waals surface area (Å²) in [6.45, 7) is 4.04. The zero-order valence-electron chi connectivity index (χ0n) is 12.1. The lowest BCUT2D eigenvalue weighted by molar-refractivity contribution is -0.105.